The standard InChI is InChI=1S/C13H18N4O/c14-9-16-11-3-1-10(2-4-11)13(18)17-12-5-7-15-8-6-12/h5-11H,1-4H2,(H2,14,16)(H,15,17,18)/t10-,11-. The molecule has 1 aliphatic rings. The lowest BCUT2D eigenvalue weighted by Crippen LogP contribution is -2.35. The Morgan fingerprint density at radius 1 is 1.28 bits per heavy atom. The van der Waals surface area contributed by atoms with Crippen molar-refractivity contribution < 1.29 is 4.79 Å². The van der Waals surface area contributed by atoms with E-state index < -0.39 is 0 Å². The minimum Gasteiger partial charge on any atom is -0.374 e. The van der Waals surface area contributed by atoms with Gasteiger partial charge in [0.05, 0.1) is 6.34 Å². The average molecular weight is 246 g/mol. The largest absolute Gasteiger partial charge is 0.374 e. The molecule has 1 aliphatic carbocycles. The highest BCUT2D eigenvalue weighted by atomic mass is 16.1. The van der Waals surface area contributed by atoms with Crippen molar-refractivity contribution in [2.45, 2.75) is 31.7 Å². The number of nitrogens with zero attached hydrogens (tertiary/aromatic N) is 1. The number of rotatable bonds is 4. The number of hydrogen-bond acceptors (Lipinski definition) is 3. The second kappa shape index (κ2) is 6.14. The molecule has 18 heavy (non-hydrogen) atoms. The predicted molar refractivity (Wildman–Crippen MR) is 70.5 cm³/mol. The second-order valence-corrected chi connectivity index (χ2v) is 4.58. The number of anilines is 1. The Balaban J connectivity index is 1.82. The van der Waals surface area contributed by atoms with Gasteiger partial charge in [-0.15, -0.1) is 0 Å². The van der Waals surface area contributed by atoms with Crippen molar-refractivity contribution >= 4 is 17.9 Å². The zero-order chi connectivity index (χ0) is 12.8. The van der Waals surface area contributed by atoms with E-state index in [0.29, 0.717) is 6.04 Å². The summed E-state index contributed by atoms with van der Waals surface area (Å²) in [7, 11) is 0. The van der Waals surface area contributed by atoms with Crippen molar-refractivity contribution in [2.24, 2.45) is 5.92 Å². The Hall–Kier alpha value is -1.91. The van der Waals surface area contributed by atoms with Crippen LogP contribution in [-0.4, -0.2) is 23.3 Å². The molecule has 0 aromatic carbocycles. The first-order valence-electron chi connectivity index (χ1n) is 6.25. The maximum absolute atomic E-state index is 12.0. The van der Waals surface area contributed by atoms with Gasteiger partial charge in [0, 0.05) is 30.0 Å². The summed E-state index contributed by atoms with van der Waals surface area (Å²) >= 11 is 0. The van der Waals surface area contributed by atoms with Gasteiger partial charge in [0.1, 0.15) is 0 Å². The molecule has 0 atom stereocenters. The van der Waals surface area contributed by atoms with Crippen LogP contribution < -0.4 is 10.6 Å². The van der Waals surface area contributed by atoms with Crippen molar-refractivity contribution in [3.8, 4) is 0 Å². The fourth-order valence-corrected chi connectivity index (χ4v) is 2.32. The lowest BCUT2D eigenvalue weighted by Gasteiger charge is -2.27. The summed E-state index contributed by atoms with van der Waals surface area (Å²) < 4.78 is 0. The monoisotopic (exact) mass is 246 g/mol. The summed E-state index contributed by atoms with van der Waals surface area (Å²) in [6, 6.07) is 3.94. The number of amides is 1. The van der Waals surface area contributed by atoms with Crippen LogP contribution in [0.1, 0.15) is 25.7 Å². The Kier molecular flexibility index (Phi) is 4.28. The highest BCUT2D eigenvalue weighted by Crippen LogP contribution is 2.25. The summed E-state index contributed by atoms with van der Waals surface area (Å²) in [5.41, 5.74) is 0.801. The Labute approximate surface area is 107 Å². The van der Waals surface area contributed by atoms with Crippen LogP contribution >= 0.6 is 0 Å². The molecule has 1 heterocycles. The third-order valence-electron chi connectivity index (χ3n) is 3.36. The van der Waals surface area contributed by atoms with Gasteiger partial charge in [-0.2, -0.15) is 0 Å². The van der Waals surface area contributed by atoms with E-state index in [2.05, 4.69) is 15.6 Å². The summed E-state index contributed by atoms with van der Waals surface area (Å²) in [6.07, 6.45) is 8.22. The molecule has 0 radical (unpaired) electrons. The van der Waals surface area contributed by atoms with Crippen LogP contribution in [0.15, 0.2) is 24.5 Å². The molecule has 1 amide bonds. The minimum atomic E-state index is 0.0851. The first kappa shape index (κ1) is 12.5. The van der Waals surface area contributed by atoms with Crippen LogP contribution in [0.4, 0.5) is 5.69 Å². The molecule has 1 saturated carbocycles. The predicted octanol–water partition coefficient (Wildman–Crippen LogP) is 1.78. The molecule has 1 aromatic rings. The zero-order valence-corrected chi connectivity index (χ0v) is 10.2. The van der Waals surface area contributed by atoms with Crippen LogP contribution in [0.3, 0.4) is 0 Å². The first-order valence-corrected chi connectivity index (χ1v) is 6.25. The van der Waals surface area contributed by atoms with Gasteiger partial charge < -0.3 is 10.6 Å². The van der Waals surface area contributed by atoms with E-state index in [1.807, 2.05) is 0 Å². The highest BCUT2D eigenvalue weighted by molar-refractivity contribution is 5.92. The molecular weight excluding hydrogens is 228 g/mol. The molecule has 0 aliphatic heterocycles. The van der Waals surface area contributed by atoms with Gasteiger partial charge in [-0.3, -0.25) is 15.2 Å². The summed E-state index contributed by atoms with van der Waals surface area (Å²) in [5.74, 6) is 0.177. The Morgan fingerprint density at radius 2 is 1.94 bits per heavy atom. The maximum atomic E-state index is 12.0. The van der Waals surface area contributed by atoms with Crippen LogP contribution in [0.5, 0.6) is 0 Å². The molecule has 0 bridgehead atoms. The molecule has 1 aromatic heterocycles. The Bertz CT molecular complexity index is 399. The number of carbonyl (C=O) groups is 1. The molecule has 3 N–H and O–H groups in total. The number of carbonyl (C=O) groups excluding carboxylic acids is 1. The van der Waals surface area contributed by atoms with Crippen LogP contribution in [0, 0.1) is 11.3 Å². The van der Waals surface area contributed by atoms with Gasteiger partial charge in [0.25, 0.3) is 0 Å². The van der Waals surface area contributed by atoms with Crippen molar-refractivity contribution in [1.29, 1.82) is 5.41 Å². The fourth-order valence-electron chi connectivity index (χ4n) is 2.32. The third kappa shape index (κ3) is 3.29. The SMILES string of the molecule is N=CN[C@H]1CC[C@H](C(=O)Nc2ccncc2)CC1. The summed E-state index contributed by atoms with van der Waals surface area (Å²) in [5, 5.41) is 12.9. The van der Waals surface area contributed by atoms with E-state index >= 15 is 0 Å². The van der Waals surface area contributed by atoms with Gasteiger partial charge in [-0.1, -0.05) is 0 Å². The smallest absolute Gasteiger partial charge is 0.227 e. The minimum absolute atomic E-state index is 0.0851. The lowest BCUT2D eigenvalue weighted by molar-refractivity contribution is -0.120. The molecule has 2 rings (SSSR count). The highest BCUT2D eigenvalue weighted by Gasteiger charge is 2.25. The van der Waals surface area contributed by atoms with Gasteiger partial charge >= 0.3 is 0 Å². The Morgan fingerprint density at radius 3 is 2.56 bits per heavy atom. The van der Waals surface area contributed by atoms with Crippen LogP contribution in [0.2, 0.25) is 0 Å². The first-order chi connectivity index (χ1) is 8.79. The van der Waals surface area contributed by atoms with E-state index in [1.54, 1.807) is 24.5 Å². The maximum Gasteiger partial charge on any atom is 0.227 e. The lowest BCUT2D eigenvalue weighted by atomic mass is 9.85. The molecule has 96 valence electrons. The van der Waals surface area contributed by atoms with Crippen LogP contribution in [-0.2, 0) is 4.79 Å². The van der Waals surface area contributed by atoms with E-state index in [1.165, 1.54) is 6.34 Å². The van der Waals surface area contributed by atoms with Gasteiger partial charge in [0.15, 0.2) is 0 Å². The zero-order valence-electron chi connectivity index (χ0n) is 10.2. The van der Waals surface area contributed by atoms with E-state index in [-0.39, 0.29) is 11.8 Å². The second-order valence-electron chi connectivity index (χ2n) is 4.58. The van der Waals surface area contributed by atoms with Crippen molar-refractivity contribution in [3.05, 3.63) is 24.5 Å². The molecule has 0 unspecified atom stereocenters. The molecule has 5 heteroatoms. The number of hydrogen-bond donors (Lipinski definition) is 3. The fraction of sp³-hybridized carbons (Fsp3) is 0.462. The van der Waals surface area contributed by atoms with Crippen molar-refractivity contribution in [2.75, 3.05) is 5.32 Å². The third-order valence-corrected chi connectivity index (χ3v) is 3.36. The number of nitrogens with one attached hydrogen (secondary N) is 3. The average Bonchev–Trinajstić information content (AvgIpc) is 2.41. The van der Waals surface area contributed by atoms with E-state index in [0.717, 1.165) is 31.4 Å². The topological polar surface area (TPSA) is 77.9 Å². The van der Waals surface area contributed by atoms with Crippen molar-refractivity contribution in [3.63, 3.8) is 0 Å². The molecule has 1 fully saturated rings. The van der Waals surface area contributed by atoms with Gasteiger partial charge in [-0.05, 0) is 37.8 Å². The van der Waals surface area contributed by atoms with Gasteiger partial charge in [-0.25, -0.2) is 0 Å². The summed E-state index contributed by atoms with van der Waals surface area (Å²) in [4.78, 5) is 16.0. The summed E-state index contributed by atoms with van der Waals surface area (Å²) in [6.45, 7) is 0. The number of aromatic nitrogens is 1. The van der Waals surface area contributed by atoms with E-state index in [9.17, 15) is 4.79 Å². The molecule has 0 spiro atoms. The van der Waals surface area contributed by atoms with Crippen molar-refractivity contribution in [1.82, 2.24) is 10.3 Å². The molecule has 0 saturated heterocycles. The normalized spacial score (nSPS) is 23.1. The number of pyridine rings is 1. The van der Waals surface area contributed by atoms with E-state index in [4.69, 9.17) is 5.41 Å². The van der Waals surface area contributed by atoms with Gasteiger partial charge in [0.2, 0.25) is 5.91 Å². The molecular formula is C13H18N4O. The van der Waals surface area contributed by atoms with Crippen LogP contribution in [0.25, 0.3) is 0 Å². The quantitative estimate of drug-likeness (QED) is 0.559. The molecule has 5 nitrogen and oxygen atoms in total.